The van der Waals surface area contributed by atoms with Crippen LogP contribution < -0.4 is 5.32 Å². The minimum atomic E-state index is -0.646. The Morgan fingerprint density at radius 1 is 1.27 bits per heavy atom. The van der Waals surface area contributed by atoms with Crippen LogP contribution in [-0.4, -0.2) is 36.2 Å². The largest absolute Gasteiger partial charge is 0.444 e. The number of rotatable bonds is 4. The number of aryl methyl sites for hydroxylation is 2. The Morgan fingerprint density at radius 3 is 2.42 bits per heavy atom. The van der Waals surface area contributed by atoms with Crippen molar-refractivity contribution in [3.8, 4) is 0 Å². The molecule has 1 amide bonds. The monoisotopic (exact) mass is 427 g/mol. The van der Waals surface area contributed by atoms with Crippen LogP contribution in [0.25, 0.3) is 0 Å². The summed E-state index contributed by atoms with van der Waals surface area (Å²) in [6.45, 7) is 12.2. The zero-order valence-electron chi connectivity index (χ0n) is 16.6. The molecule has 1 N–H and O–H groups in total. The second-order valence-corrected chi connectivity index (χ2v) is 9.37. The number of benzene rings is 1. The van der Waals surface area contributed by atoms with Crippen LogP contribution in [-0.2, 0) is 20.6 Å². The zero-order chi connectivity index (χ0) is 19.6. The van der Waals surface area contributed by atoms with Crippen molar-refractivity contribution >= 4 is 22.0 Å². The molecule has 2 rings (SSSR count). The summed E-state index contributed by atoms with van der Waals surface area (Å²) < 4.78 is 18.2. The van der Waals surface area contributed by atoms with Gasteiger partial charge in [0, 0.05) is 4.47 Å². The fraction of sp³-hybridized carbons (Fsp3) is 0.650. The molecule has 0 aromatic heterocycles. The SMILES string of the molecule is Cc1cc(Br)ccc1CCC1(NC(=O)OC(C)(C)C)COC(C)(C)OC1. The Balaban J connectivity index is 2.12. The molecular formula is C20H30BrNO4. The van der Waals surface area contributed by atoms with Gasteiger partial charge in [0.1, 0.15) is 5.60 Å². The molecule has 0 atom stereocenters. The highest BCUT2D eigenvalue weighted by Crippen LogP contribution is 2.28. The van der Waals surface area contributed by atoms with Crippen molar-refractivity contribution in [2.24, 2.45) is 0 Å². The molecule has 146 valence electrons. The van der Waals surface area contributed by atoms with E-state index in [9.17, 15) is 4.79 Å². The Morgan fingerprint density at radius 2 is 1.88 bits per heavy atom. The third-order valence-corrected chi connectivity index (χ3v) is 4.83. The van der Waals surface area contributed by atoms with E-state index < -0.39 is 23.0 Å². The molecule has 1 aromatic carbocycles. The molecule has 0 saturated carbocycles. The average Bonchev–Trinajstić information content (AvgIpc) is 2.47. The highest BCUT2D eigenvalue weighted by atomic mass is 79.9. The van der Waals surface area contributed by atoms with Crippen LogP contribution in [0, 0.1) is 6.92 Å². The van der Waals surface area contributed by atoms with Crippen LogP contribution in [0.15, 0.2) is 22.7 Å². The first-order valence-corrected chi connectivity index (χ1v) is 9.73. The van der Waals surface area contributed by atoms with Crippen LogP contribution in [0.2, 0.25) is 0 Å². The van der Waals surface area contributed by atoms with Crippen molar-refractivity contribution in [2.45, 2.75) is 71.3 Å². The summed E-state index contributed by atoms with van der Waals surface area (Å²) in [5, 5.41) is 3.01. The Kier molecular flexibility index (Phi) is 6.41. The number of carbonyl (C=O) groups excluding carboxylic acids is 1. The molecule has 1 fully saturated rings. The zero-order valence-corrected chi connectivity index (χ0v) is 18.2. The third-order valence-electron chi connectivity index (χ3n) is 4.34. The molecule has 0 bridgehead atoms. The van der Waals surface area contributed by atoms with Gasteiger partial charge in [0.05, 0.1) is 18.8 Å². The van der Waals surface area contributed by atoms with Crippen molar-refractivity contribution < 1.29 is 19.0 Å². The van der Waals surface area contributed by atoms with Gasteiger partial charge in [-0.15, -0.1) is 0 Å². The van der Waals surface area contributed by atoms with E-state index in [-0.39, 0.29) is 0 Å². The predicted octanol–water partition coefficient (Wildman–Crippen LogP) is 4.74. The number of ether oxygens (including phenoxy) is 3. The minimum Gasteiger partial charge on any atom is -0.444 e. The molecule has 0 radical (unpaired) electrons. The third kappa shape index (κ3) is 6.25. The fourth-order valence-corrected chi connectivity index (χ4v) is 3.30. The van der Waals surface area contributed by atoms with Gasteiger partial charge in [-0.2, -0.15) is 0 Å². The lowest BCUT2D eigenvalue weighted by molar-refractivity contribution is -0.271. The Bertz CT molecular complexity index is 642. The highest BCUT2D eigenvalue weighted by molar-refractivity contribution is 9.10. The van der Waals surface area contributed by atoms with Crippen LogP contribution >= 0.6 is 15.9 Å². The maximum Gasteiger partial charge on any atom is 0.408 e. The molecular weight excluding hydrogens is 398 g/mol. The summed E-state index contributed by atoms with van der Waals surface area (Å²) in [4.78, 5) is 12.4. The first-order valence-electron chi connectivity index (χ1n) is 8.94. The lowest BCUT2D eigenvalue weighted by Crippen LogP contribution is -2.61. The first kappa shape index (κ1) is 21.2. The normalized spacial score (nSPS) is 19.0. The summed E-state index contributed by atoms with van der Waals surface area (Å²) in [7, 11) is 0. The molecule has 1 aromatic rings. The van der Waals surface area contributed by atoms with E-state index in [2.05, 4.69) is 40.3 Å². The Labute approximate surface area is 164 Å². The van der Waals surface area contributed by atoms with E-state index in [0.29, 0.717) is 19.6 Å². The first-order chi connectivity index (χ1) is 11.9. The lowest BCUT2D eigenvalue weighted by Gasteiger charge is -2.44. The van der Waals surface area contributed by atoms with Crippen molar-refractivity contribution in [1.29, 1.82) is 0 Å². The number of carbonyl (C=O) groups is 1. The van der Waals surface area contributed by atoms with E-state index in [1.807, 2.05) is 40.7 Å². The Hall–Kier alpha value is -1.11. The second-order valence-electron chi connectivity index (χ2n) is 8.46. The van der Waals surface area contributed by atoms with Crippen molar-refractivity contribution in [2.75, 3.05) is 13.2 Å². The molecule has 0 unspecified atom stereocenters. The summed E-state index contributed by atoms with van der Waals surface area (Å²) in [6, 6.07) is 6.24. The standard InChI is InChI=1S/C20H30BrNO4/c1-14-11-16(21)8-7-15(14)9-10-20(12-24-19(5,6)25-13-20)22-17(23)26-18(2,3)4/h7-8,11H,9-10,12-13H2,1-6H3,(H,22,23). The maximum atomic E-state index is 12.4. The van der Waals surface area contributed by atoms with Gasteiger partial charge in [0.2, 0.25) is 0 Å². The number of hydrogen-bond acceptors (Lipinski definition) is 4. The van der Waals surface area contributed by atoms with E-state index in [0.717, 1.165) is 10.9 Å². The van der Waals surface area contributed by atoms with Gasteiger partial charge in [0.25, 0.3) is 0 Å². The second kappa shape index (κ2) is 7.87. The quantitative estimate of drug-likeness (QED) is 0.753. The van der Waals surface area contributed by atoms with Crippen LogP contribution in [0.1, 0.15) is 52.2 Å². The van der Waals surface area contributed by atoms with Crippen molar-refractivity contribution in [3.05, 3.63) is 33.8 Å². The average molecular weight is 428 g/mol. The van der Waals surface area contributed by atoms with E-state index in [1.54, 1.807) is 0 Å². The van der Waals surface area contributed by atoms with Crippen LogP contribution in [0.4, 0.5) is 4.79 Å². The van der Waals surface area contributed by atoms with E-state index in [4.69, 9.17) is 14.2 Å². The molecule has 26 heavy (non-hydrogen) atoms. The summed E-state index contributed by atoms with van der Waals surface area (Å²) in [5.74, 6) is -0.646. The molecule has 0 aliphatic carbocycles. The van der Waals surface area contributed by atoms with Gasteiger partial charge >= 0.3 is 6.09 Å². The number of hydrogen-bond donors (Lipinski definition) is 1. The minimum absolute atomic E-state index is 0.384. The number of amides is 1. The molecule has 5 nitrogen and oxygen atoms in total. The van der Waals surface area contributed by atoms with Gasteiger partial charge in [-0.3, -0.25) is 0 Å². The molecule has 1 heterocycles. The van der Waals surface area contributed by atoms with E-state index >= 15 is 0 Å². The van der Waals surface area contributed by atoms with Crippen LogP contribution in [0.3, 0.4) is 0 Å². The smallest absolute Gasteiger partial charge is 0.408 e. The number of alkyl carbamates (subject to hydrolysis) is 1. The summed E-state index contributed by atoms with van der Waals surface area (Å²) in [5.41, 5.74) is 1.29. The number of nitrogens with one attached hydrogen (secondary N) is 1. The molecule has 1 aliphatic heterocycles. The van der Waals surface area contributed by atoms with Crippen LogP contribution in [0.5, 0.6) is 0 Å². The lowest BCUT2D eigenvalue weighted by atomic mass is 9.90. The maximum absolute atomic E-state index is 12.4. The molecule has 6 heteroatoms. The molecule has 1 aliphatic rings. The van der Waals surface area contributed by atoms with Gasteiger partial charge in [-0.1, -0.05) is 22.0 Å². The van der Waals surface area contributed by atoms with Gasteiger partial charge in [0.15, 0.2) is 5.79 Å². The van der Waals surface area contributed by atoms with Crippen molar-refractivity contribution in [1.82, 2.24) is 5.32 Å². The van der Waals surface area contributed by atoms with Crippen molar-refractivity contribution in [3.63, 3.8) is 0 Å². The predicted molar refractivity (Wildman–Crippen MR) is 105 cm³/mol. The molecule has 1 saturated heterocycles. The summed E-state index contributed by atoms with van der Waals surface area (Å²) in [6.07, 6.45) is 1.06. The molecule has 0 spiro atoms. The van der Waals surface area contributed by atoms with Gasteiger partial charge in [-0.05, 0) is 77.6 Å². The summed E-state index contributed by atoms with van der Waals surface area (Å²) >= 11 is 3.49. The van der Waals surface area contributed by atoms with Gasteiger partial charge < -0.3 is 19.5 Å². The topological polar surface area (TPSA) is 56.8 Å². The fourth-order valence-electron chi connectivity index (χ4n) is 2.82. The van der Waals surface area contributed by atoms with E-state index in [1.165, 1.54) is 11.1 Å². The number of halogens is 1. The van der Waals surface area contributed by atoms with Gasteiger partial charge in [-0.25, -0.2) is 4.79 Å². The highest BCUT2D eigenvalue weighted by Gasteiger charge is 2.42.